The van der Waals surface area contributed by atoms with E-state index >= 15 is 0 Å². The summed E-state index contributed by atoms with van der Waals surface area (Å²) in [7, 11) is 0. The highest BCUT2D eigenvalue weighted by molar-refractivity contribution is 5.75. The van der Waals surface area contributed by atoms with Crippen LogP contribution < -0.4 is 0 Å². The van der Waals surface area contributed by atoms with E-state index in [2.05, 4.69) is 18.7 Å². The lowest BCUT2D eigenvalue weighted by Crippen LogP contribution is -2.51. The first-order valence-electron chi connectivity index (χ1n) is 8.96. The minimum absolute atomic E-state index is 0.484. The van der Waals surface area contributed by atoms with Crippen molar-refractivity contribution in [1.29, 1.82) is 0 Å². The van der Waals surface area contributed by atoms with Gasteiger partial charge in [-0.15, -0.1) is 0 Å². The minimum Gasteiger partial charge on any atom is -0.481 e. The van der Waals surface area contributed by atoms with Gasteiger partial charge in [0.1, 0.15) is 0 Å². The molecule has 3 unspecified atom stereocenters. The molecule has 2 fully saturated rings. The summed E-state index contributed by atoms with van der Waals surface area (Å²) in [6.45, 7) is 8.61. The van der Waals surface area contributed by atoms with Crippen LogP contribution in [-0.2, 0) is 4.79 Å². The molecule has 0 aromatic rings. The van der Waals surface area contributed by atoms with Crippen molar-refractivity contribution in [3.05, 3.63) is 0 Å². The molecular weight excluding hydrogens is 262 g/mol. The highest BCUT2D eigenvalue weighted by Crippen LogP contribution is 2.37. The lowest BCUT2D eigenvalue weighted by molar-refractivity contribution is -0.153. The number of rotatable bonds is 4. The number of piperidine rings is 1. The molecule has 122 valence electrons. The summed E-state index contributed by atoms with van der Waals surface area (Å²) in [5.41, 5.74) is -0.484. The molecule has 1 aliphatic carbocycles. The van der Waals surface area contributed by atoms with Crippen LogP contribution >= 0.6 is 0 Å². The molecule has 1 heterocycles. The van der Waals surface area contributed by atoms with E-state index in [4.69, 9.17) is 0 Å². The van der Waals surface area contributed by atoms with E-state index in [-0.39, 0.29) is 0 Å². The number of hydrogen-bond donors (Lipinski definition) is 1. The standard InChI is InChI=1S/C18H33NO2/c1-4-18(17(20)21)11-6-12-19(13-18)16-8-5-7-15(9-10-16)14(2)3/h14-16H,4-13H2,1-3H3,(H,20,21). The third-order valence-electron chi connectivity index (χ3n) is 6.18. The maximum Gasteiger partial charge on any atom is 0.310 e. The maximum absolute atomic E-state index is 11.7. The van der Waals surface area contributed by atoms with Crippen molar-refractivity contribution < 1.29 is 9.90 Å². The van der Waals surface area contributed by atoms with Crippen LogP contribution in [0.1, 0.15) is 72.1 Å². The third-order valence-corrected chi connectivity index (χ3v) is 6.18. The molecule has 1 N–H and O–H groups in total. The van der Waals surface area contributed by atoms with Crippen LogP contribution in [0.5, 0.6) is 0 Å². The molecule has 2 rings (SSSR count). The van der Waals surface area contributed by atoms with Crippen LogP contribution in [0.3, 0.4) is 0 Å². The number of nitrogens with zero attached hydrogens (tertiary/aromatic N) is 1. The lowest BCUT2D eigenvalue weighted by Gasteiger charge is -2.43. The Morgan fingerprint density at radius 1 is 1.24 bits per heavy atom. The van der Waals surface area contributed by atoms with Crippen molar-refractivity contribution in [3.63, 3.8) is 0 Å². The number of carbonyl (C=O) groups is 1. The SMILES string of the molecule is CCC1(C(=O)O)CCCN(C2CCCC(C(C)C)CC2)C1. The van der Waals surface area contributed by atoms with Crippen LogP contribution in [0.15, 0.2) is 0 Å². The predicted octanol–water partition coefficient (Wildman–Crippen LogP) is 4.17. The summed E-state index contributed by atoms with van der Waals surface area (Å²) in [6, 6.07) is 0.624. The van der Waals surface area contributed by atoms with Crippen molar-refractivity contribution in [3.8, 4) is 0 Å². The number of aliphatic carboxylic acids is 1. The fraction of sp³-hybridized carbons (Fsp3) is 0.944. The second-order valence-corrected chi connectivity index (χ2v) is 7.68. The molecule has 0 radical (unpaired) electrons. The van der Waals surface area contributed by atoms with Crippen molar-refractivity contribution in [1.82, 2.24) is 4.90 Å². The normalized spacial score (nSPS) is 35.6. The zero-order valence-electron chi connectivity index (χ0n) is 14.1. The second kappa shape index (κ2) is 7.13. The maximum atomic E-state index is 11.7. The van der Waals surface area contributed by atoms with Gasteiger partial charge in [-0.25, -0.2) is 0 Å². The summed E-state index contributed by atoms with van der Waals surface area (Å²) >= 11 is 0. The molecule has 3 heteroatoms. The molecule has 3 atom stereocenters. The van der Waals surface area contributed by atoms with Crippen molar-refractivity contribution in [2.24, 2.45) is 17.3 Å². The van der Waals surface area contributed by atoms with Gasteiger partial charge in [-0.1, -0.05) is 33.6 Å². The second-order valence-electron chi connectivity index (χ2n) is 7.68. The van der Waals surface area contributed by atoms with Crippen LogP contribution in [-0.4, -0.2) is 35.1 Å². The summed E-state index contributed by atoms with van der Waals surface area (Å²) in [5, 5.41) is 9.65. The van der Waals surface area contributed by atoms with Crippen LogP contribution in [0, 0.1) is 17.3 Å². The molecule has 1 saturated carbocycles. The van der Waals surface area contributed by atoms with E-state index in [1.807, 2.05) is 6.92 Å². The van der Waals surface area contributed by atoms with Gasteiger partial charge in [0.2, 0.25) is 0 Å². The molecule has 3 nitrogen and oxygen atoms in total. The Hall–Kier alpha value is -0.570. The molecule has 1 saturated heterocycles. The molecule has 0 spiro atoms. The van der Waals surface area contributed by atoms with Gasteiger partial charge in [0.15, 0.2) is 0 Å². The van der Waals surface area contributed by atoms with Gasteiger partial charge in [0, 0.05) is 12.6 Å². The van der Waals surface area contributed by atoms with Gasteiger partial charge in [-0.3, -0.25) is 9.69 Å². The van der Waals surface area contributed by atoms with E-state index in [0.717, 1.165) is 44.2 Å². The molecule has 0 amide bonds. The van der Waals surface area contributed by atoms with E-state index < -0.39 is 11.4 Å². The highest BCUT2D eigenvalue weighted by Gasteiger charge is 2.42. The molecule has 0 aromatic carbocycles. The monoisotopic (exact) mass is 295 g/mol. The summed E-state index contributed by atoms with van der Waals surface area (Å²) < 4.78 is 0. The Morgan fingerprint density at radius 2 is 2.00 bits per heavy atom. The zero-order chi connectivity index (χ0) is 15.5. The fourth-order valence-corrected chi connectivity index (χ4v) is 4.44. The summed E-state index contributed by atoms with van der Waals surface area (Å²) in [4.78, 5) is 14.2. The van der Waals surface area contributed by atoms with Gasteiger partial charge in [0.25, 0.3) is 0 Å². The van der Waals surface area contributed by atoms with E-state index in [1.54, 1.807) is 0 Å². The van der Waals surface area contributed by atoms with E-state index in [0.29, 0.717) is 6.04 Å². The minimum atomic E-state index is -0.580. The molecule has 0 bridgehead atoms. The molecular formula is C18H33NO2. The Kier molecular flexibility index (Phi) is 5.70. The Bertz CT molecular complexity index is 355. The van der Waals surface area contributed by atoms with Gasteiger partial charge in [0.05, 0.1) is 5.41 Å². The van der Waals surface area contributed by atoms with Crippen molar-refractivity contribution in [2.45, 2.75) is 78.2 Å². The van der Waals surface area contributed by atoms with Gasteiger partial charge >= 0.3 is 5.97 Å². The summed E-state index contributed by atoms with van der Waals surface area (Å²) in [6.07, 6.45) is 9.20. The number of carboxylic acids is 1. The van der Waals surface area contributed by atoms with Gasteiger partial charge in [-0.2, -0.15) is 0 Å². The largest absolute Gasteiger partial charge is 0.481 e. The topological polar surface area (TPSA) is 40.5 Å². The molecule has 2 aliphatic rings. The first-order valence-corrected chi connectivity index (χ1v) is 8.96. The number of likely N-dealkylation sites (tertiary alicyclic amines) is 1. The van der Waals surface area contributed by atoms with Crippen LogP contribution in [0.2, 0.25) is 0 Å². The predicted molar refractivity (Wildman–Crippen MR) is 86.4 cm³/mol. The quantitative estimate of drug-likeness (QED) is 0.791. The highest BCUT2D eigenvalue weighted by atomic mass is 16.4. The zero-order valence-corrected chi connectivity index (χ0v) is 14.1. The Balaban J connectivity index is 1.99. The number of carboxylic acid groups (broad SMARTS) is 1. The van der Waals surface area contributed by atoms with Crippen molar-refractivity contribution >= 4 is 5.97 Å². The fourth-order valence-electron chi connectivity index (χ4n) is 4.44. The van der Waals surface area contributed by atoms with Crippen molar-refractivity contribution in [2.75, 3.05) is 13.1 Å². The smallest absolute Gasteiger partial charge is 0.310 e. The molecule has 21 heavy (non-hydrogen) atoms. The third kappa shape index (κ3) is 3.80. The first-order chi connectivity index (χ1) is 9.98. The van der Waals surface area contributed by atoms with E-state index in [9.17, 15) is 9.90 Å². The number of hydrogen-bond acceptors (Lipinski definition) is 2. The van der Waals surface area contributed by atoms with E-state index in [1.165, 1.54) is 32.1 Å². The van der Waals surface area contributed by atoms with Crippen LogP contribution in [0.25, 0.3) is 0 Å². The average molecular weight is 295 g/mol. The molecule has 1 aliphatic heterocycles. The first kappa shape index (κ1) is 16.8. The van der Waals surface area contributed by atoms with Crippen LogP contribution in [0.4, 0.5) is 0 Å². The van der Waals surface area contributed by atoms with Gasteiger partial charge in [-0.05, 0) is 56.9 Å². The Labute approximate surface area is 130 Å². The Morgan fingerprint density at radius 3 is 2.62 bits per heavy atom. The lowest BCUT2D eigenvalue weighted by atomic mass is 9.77. The molecule has 0 aromatic heterocycles. The van der Waals surface area contributed by atoms with Gasteiger partial charge < -0.3 is 5.11 Å². The average Bonchev–Trinajstić information content (AvgIpc) is 2.73. The summed E-state index contributed by atoms with van der Waals surface area (Å²) in [5.74, 6) is 1.08.